The number of hydrogen-bond acceptors (Lipinski definition) is 5. The molecule has 0 fully saturated rings. The van der Waals surface area contributed by atoms with Crippen LogP contribution in [0.1, 0.15) is 9.88 Å². The molecule has 0 aliphatic carbocycles. The number of halogens is 1. The Labute approximate surface area is 157 Å². The van der Waals surface area contributed by atoms with Crippen LogP contribution in [0.15, 0.2) is 29.4 Å². The topological polar surface area (TPSA) is 81.8 Å². The Morgan fingerprint density at radius 2 is 2.13 bits per heavy atom. The van der Waals surface area contributed by atoms with Crippen molar-refractivity contribution >= 4 is 47.0 Å². The maximum absolute atomic E-state index is 5.92. The first kappa shape index (κ1) is 19.5. The summed E-state index contributed by atoms with van der Waals surface area (Å²) in [6, 6.07) is 5.44. The molecule has 8 heteroatoms. The average molecular weight is 448 g/mol. The zero-order chi connectivity index (χ0) is 15.9. The van der Waals surface area contributed by atoms with Gasteiger partial charge in [-0.15, -0.1) is 35.3 Å². The van der Waals surface area contributed by atoms with Gasteiger partial charge in [0.25, 0.3) is 0 Å². The quantitative estimate of drug-likeness (QED) is 0.404. The molecule has 1 aromatic heterocycles. The number of anilines is 1. The van der Waals surface area contributed by atoms with Gasteiger partial charge in [0.05, 0.1) is 24.9 Å². The Balaban J connectivity index is 0.00000264. The number of aromatic nitrogens is 1. The minimum atomic E-state index is 0. The number of nitrogens with one attached hydrogen (secondary N) is 1. The molecular formula is C15H21IN4O2S. The van der Waals surface area contributed by atoms with E-state index in [2.05, 4.69) is 15.3 Å². The molecule has 0 spiro atoms. The highest BCUT2D eigenvalue weighted by Crippen LogP contribution is 2.28. The molecule has 0 saturated carbocycles. The Morgan fingerprint density at radius 1 is 1.35 bits per heavy atom. The molecule has 0 amide bonds. The summed E-state index contributed by atoms with van der Waals surface area (Å²) < 4.78 is 10.5. The van der Waals surface area contributed by atoms with Crippen molar-refractivity contribution in [1.29, 1.82) is 0 Å². The van der Waals surface area contributed by atoms with Crippen LogP contribution in [0.2, 0.25) is 0 Å². The number of ether oxygens (including phenoxy) is 2. The SMILES string of the molecule is COc1ccc(OC)c(NC(N)=NCCc2ncc(C)s2)c1.I. The number of guanidine groups is 1. The Morgan fingerprint density at radius 3 is 2.74 bits per heavy atom. The number of nitrogens with two attached hydrogens (primary N) is 1. The van der Waals surface area contributed by atoms with Gasteiger partial charge in [-0.1, -0.05) is 0 Å². The molecular weight excluding hydrogens is 427 g/mol. The summed E-state index contributed by atoms with van der Waals surface area (Å²) in [6.45, 7) is 2.62. The van der Waals surface area contributed by atoms with Gasteiger partial charge in [0, 0.05) is 30.1 Å². The molecule has 0 bridgehead atoms. The van der Waals surface area contributed by atoms with Gasteiger partial charge in [0.1, 0.15) is 11.5 Å². The zero-order valence-electron chi connectivity index (χ0n) is 13.3. The minimum absolute atomic E-state index is 0. The number of thiazole rings is 1. The van der Waals surface area contributed by atoms with Crippen LogP contribution in [-0.4, -0.2) is 31.7 Å². The number of aliphatic imine (C=N–C) groups is 1. The third kappa shape index (κ3) is 5.87. The molecule has 126 valence electrons. The fourth-order valence-electron chi connectivity index (χ4n) is 1.88. The average Bonchev–Trinajstić information content (AvgIpc) is 2.92. The van der Waals surface area contributed by atoms with Gasteiger partial charge in [-0.2, -0.15) is 0 Å². The highest BCUT2D eigenvalue weighted by molar-refractivity contribution is 14.0. The molecule has 0 radical (unpaired) electrons. The van der Waals surface area contributed by atoms with E-state index < -0.39 is 0 Å². The largest absolute Gasteiger partial charge is 0.497 e. The standard InChI is InChI=1S/C15H20N4O2S.HI/c1-10-9-18-14(22-10)6-7-17-15(16)19-12-8-11(20-2)4-5-13(12)21-3;/h4-5,8-9H,6-7H2,1-3H3,(H3,16,17,19);1H. The van der Waals surface area contributed by atoms with Crippen LogP contribution in [0.5, 0.6) is 11.5 Å². The zero-order valence-corrected chi connectivity index (χ0v) is 16.5. The summed E-state index contributed by atoms with van der Waals surface area (Å²) in [5.74, 6) is 1.73. The molecule has 23 heavy (non-hydrogen) atoms. The van der Waals surface area contributed by atoms with E-state index in [0.29, 0.717) is 23.9 Å². The summed E-state index contributed by atoms with van der Waals surface area (Å²) in [5, 5.41) is 4.10. The molecule has 6 nitrogen and oxygen atoms in total. The highest BCUT2D eigenvalue weighted by atomic mass is 127. The van der Waals surface area contributed by atoms with Crippen molar-refractivity contribution in [3.05, 3.63) is 34.3 Å². The Bertz CT molecular complexity index is 661. The van der Waals surface area contributed by atoms with Crippen LogP contribution in [-0.2, 0) is 6.42 Å². The second-order valence-electron chi connectivity index (χ2n) is 4.57. The normalized spacial score (nSPS) is 10.8. The van der Waals surface area contributed by atoms with E-state index >= 15 is 0 Å². The van der Waals surface area contributed by atoms with E-state index in [1.165, 1.54) is 4.88 Å². The summed E-state index contributed by atoms with van der Waals surface area (Å²) in [5.41, 5.74) is 6.63. The lowest BCUT2D eigenvalue weighted by Crippen LogP contribution is -2.23. The van der Waals surface area contributed by atoms with E-state index in [1.807, 2.05) is 31.3 Å². The number of nitrogens with zero attached hydrogens (tertiary/aromatic N) is 2. The first-order chi connectivity index (χ1) is 10.6. The van der Waals surface area contributed by atoms with Gasteiger partial charge < -0.3 is 20.5 Å². The van der Waals surface area contributed by atoms with Crippen molar-refractivity contribution in [3.8, 4) is 11.5 Å². The fourth-order valence-corrected chi connectivity index (χ4v) is 2.65. The lowest BCUT2D eigenvalue weighted by Gasteiger charge is -2.12. The van der Waals surface area contributed by atoms with E-state index in [0.717, 1.165) is 17.2 Å². The predicted molar refractivity (Wildman–Crippen MR) is 106 cm³/mol. The van der Waals surface area contributed by atoms with Gasteiger partial charge in [0.2, 0.25) is 0 Å². The monoisotopic (exact) mass is 448 g/mol. The summed E-state index contributed by atoms with van der Waals surface area (Å²) in [6.07, 6.45) is 2.64. The lowest BCUT2D eigenvalue weighted by molar-refractivity contribution is 0.405. The molecule has 0 atom stereocenters. The summed E-state index contributed by atoms with van der Waals surface area (Å²) in [4.78, 5) is 9.81. The molecule has 0 saturated heterocycles. The van der Waals surface area contributed by atoms with Crippen molar-refractivity contribution in [2.45, 2.75) is 13.3 Å². The van der Waals surface area contributed by atoms with Crippen LogP contribution in [0.4, 0.5) is 5.69 Å². The number of hydrogen-bond donors (Lipinski definition) is 2. The Kier molecular flexibility index (Phi) is 8.10. The van der Waals surface area contributed by atoms with Crippen molar-refractivity contribution in [3.63, 3.8) is 0 Å². The van der Waals surface area contributed by atoms with Crippen LogP contribution in [0.3, 0.4) is 0 Å². The molecule has 2 aromatic rings. The number of benzene rings is 1. The molecule has 1 aromatic carbocycles. The highest BCUT2D eigenvalue weighted by Gasteiger charge is 2.06. The molecule has 2 rings (SSSR count). The third-order valence-corrected chi connectivity index (χ3v) is 3.92. The van der Waals surface area contributed by atoms with Crippen LogP contribution < -0.4 is 20.5 Å². The van der Waals surface area contributed by atoms with Crippen molar-refractivity contribution < 1.29 is 9.47 Å². The second kappa shape index (κ2) is 9.56. The summed E-state index contributed by atoms with van der Waals surface area (Å²) >= 11 is 1.68. The smallest absolute Gasteiger partial charge is 0.193 e. The van der Waals surface area contributed by atoms with E-state index in [1.54, 1.807) is 25.6 Å². The van der Waals surface area contributed by atoms with E-state index in [4.69, 9.17) is 15.2 Å². The first-order valence-corrected chi connectivity index (χ1v) is 7.64. The van der Waals surface area contributed by atoms with Crippen LogP contribution in [0, 0.1) is 6.92 Å². The predicted octanol–water partition coefficient (Wildman–Crippen LogP) is 3.06. The van der Waals surface area contributed by atoms with Gasteiger partial charge >= 0.3 is 0 Å². The molecule has 0 aliphatic heterocycles. The molecule has 0 unspecified atom stereocenters. The lowest BCUT2D eigenvalue weighted by atomic mass is 10.2. The molecule has 0 aliphatic rings. The summed E-state index contributed by atoms with van der Waals surface area (Å²) in [7, 11) is 3.21. The Hall–Kier alpha value is -1.55. The van der Waals surface area contributed by atoms with Crippen molar-refractivity contribution in [2.75, 3.05) is 26.1 Å². The van der Waals surface area contributed by atoms with Gasteiger partial charge in [-0.3, -0.25) is 4.99 Å². The fraction of sp³-hybridized carbons (Fsp3) is 0.333. The second-order valence-corrected chi connectivity index (χ2v) is 5.89. The van der Waals surface area contributed by atoms with Crippen LogP contribution in [0.25, 0.3) is 0 Å². The number of aryl methyl sites for hydroxylation is 1. The number of rotatable bonds is 6. The maximum atomic E-state index is 5.92. The van der Waals surface area contributed by atoms with Crippen molar-refractivity contribution in [2.24, 2.45) is 10.7 Å². The van der Waals surface area contributed by atoms with Crippen LogP contribution >= 0.6 is 35.3 Å². The number of methoxy groups -OCH3 is 2. The maximum Gasteiger partial charge on any atom is 0.193 e. The van der Waals surface area contributed by atoms with Crippen molar-refractivity contribution in [1.82, 2.24) is 4.98 Å². The minimum Gasteiger partial charge on any atom is -0.497 e. The van der Waals surface area contributed by atoms with Gasteiger partial charge in [-0.25, -0.2) is 4.98 Å². The van der Waals surface area contributed by atoms with Gasteiger partial charge in [0.15, 0.2) is 5.96 Å². The van der Waals surface area contributed by atoms with E-state index in [9.17, 15) is 0 Å². The first-order valence-electron chi connectivity index (χ1n) is 6.82. The van der Waals surface area contributed by atoms with Gasteiger partial charge in [-0.05, 0) is 19.1 Å². The third-order valence-electron chi connectivity index (χ3n) is 2.95. The molecule has 3 N–H and O–H groups in total. The molecule has 1 heterocycles. The van der Waals surface area contributed by atoms with E-state index in [-0.39, 0.29) is 24.0 Å².